The number of carbonyl (C=O) groups is 1. The summed E-state index contributed by atoms with van der Waals surface area (Å²) < 4.78 is 0. The van der Waals surface area contributed by atoms with E-state index in [1.807, 2.05) is 54.7 Å². The third-order valence-corrected chi connectivity index (χ3v) is 4.14. The number of nitrogens with one attached hydrogen (secondary N) is 1. The van der Waals surface area contributed by atoms with Gasteiger partial charge in [0.05, 0.1) is 0 Å². The van der Waals surface area contributed by atoms with Crippen LogP contribution in [0.2, 0.25) is 0 Å². The molecule has 102 valence electrons. The fourth-order valence-electron chi connectivity index (χ4n) is 2.22. The van der Waals surface area contributed by atoms with Gasteiger partial charge < -0.3 is 4.98 Å². The molecule has 0 aliphatic carbocycles. The van der Waals surface area contributed by atoms with E-state index in [0.717, 1.165) is 26.9 Å². The van der Waals surface area contributed by atoms with Gasteiger partial charge in [-0.3, -0.25) is 4.79 Å². The largest absolute Gasteiger partial charge is 0.361 e. The second kappa shape index (κ2) is 5.90. The van der Waals surface area contributed by atoms with Crippen LogP contribution in [0.25, 0.3) is 10.9 Å². The monoisotopic (exact) mass is 291 g/mol. The van der Waals surface area contributed by atoms with E-state index in [4.69, 9.17) is 6.42 Å². The van der Waals surface area contributed by atoms with E-state index >= 15 is 0 Å². The first-order chi connectivity index (χ1) is 10.3. The Kier molecular flexibility index (Phi) is 3.81. The molecular formula is C18H13NOS. The standard InChI is InChI=1S/C18H13NOS/c1-2-13-7-9-15(10-8-13)21-18(20)11-14-12-19-17-6-4-3-5-16(14)17/h1,3-10,12,19H,11H2. The highest BCUT2D eigenvalue weighted by Gasteiger charge is 2.10. The minimum Gasteiger partial charge on any atom is -0.361 e. The summed E-state index contributed by atoms with van der Waals surface area (Å²) >= 11 is 1.25. The molecule has 2 nitrogen and oxygen atoms in total. The first kappa shape index (κ1) is 13.5. The second-order valence-electron chi connectivity index (χ2n) is 4.68. The molecule has 0 spiro atoms. The zero-order chi connectivity index (χ0) is 14.7. The second-order valence-corrected chi connectivity index (χ2v) is 5.81. The van der Waals surface area contributed by atoms with Crippen molar-refractivity contribution in [3.05, 3.63) is 65.9 Å². The number of hydrogen-bond acceptors (Lipinski definition) is 2. The Balaban J connectivity index is 1.73. The summed E-state index contributed by atoms with van der Waals surface area (Å²) in [6.45, 7) is 0. The minimum absolute atomic E-state index is 0.119. The maximum atomic E-state index is 12.2. The molecule has 2 aromatic carbocycles. The van der Waals surface area contributed by atoms with Gasteiger partial charge in [0.15, 0.2) is 5.12 Å². The van der Waals surface area contributed by atoms with Crippen LogP contribution in [0.4, 0.5) is 0 Å². The Labute approximate surface area is 127 Å². The summed E-state index contributed by atoms with van der Waals surface area (Å²) in [6, 6.07) is 15.5. The maximum Gasteiger partial charge on any atom is 0.198 e. The molecule has 0 aliphatic rings. The number of benzene rings is 2. The van der Waals surface area contributed by atoms with E-state index in [1.54, 1.807) is 0 Å². The van der Waals surface area contributed by atoms with Crippen LogP contribution < -0.4 is 0 Å². The van der Waals surface area contributed by atoms with Gasteiger partial charge in [-0.2, -0.15) is 0 Å². The molecule has 3 heteroatoms. The molecule has 21 heavy (non-hydrogen) atoms. The smallest absolute Gasteiger partial charge is 0.198 e. The highest BCUT2D eigenvalue weighted by Crippen LogP contribution is 2.24. The first-order valence-electron chi connectivity index (χ1n) is 6.58. The normalized spacial score (nSPS) is 10.4. The zero-order valence-electron chi connectivity index (χ0n) is 11.3. The fraction of sp³-hybridized carbons (Fsp3) is 0.0556. The van der Waals surface area contributed by atoms with E-state index < -0.39 is 0 Å². The molecular weight excluding hydrogens is 278 g/mol. The van der Waals surface area contributed by atoms with E-state index in [0.29, 0.717) is 6.42 Å². The molecule has 3 rings (SSSR count). The van der Waals surface area contributed by atoms with Gasteiger partial charge in [-0.25, -0.2) is 0 Å². The lowest BCUT2D eigenvalue weighted by atomic mass is 10.1. The van der Waals surface area contributed by atoms with Crippen LogP contribution in [0, 0.1) is 12.3 Å². The van der Waals surface area contributed by atoms with Crippen molar-refractivity contribution in [2.24, 2.45) is 0 Å². The van der Waals surface area contributed by atoms with Crippen LogP contribution in [0.15, 0.2) is 59.6 Å². The summed E-state index contributed by atoms with van der Waals surface area (Å²) in [4.78, 5) is 16.3. The van der Waals surface area contributed by atoms with Gasteiger partial charge >= 0.3 is 0 Å². The van der Waals surface area contributed by atoms with Gasteiger partial charge in [-0.15, -0.1) is 6.42 Å². The van der Waals surface area contributed by atoms with Crippen molar-refractivity contribution in [3.8, 4) is 12.3 Å². The van der Waals surface area contributed by atoms with Crippen molar-refractivity contribution in [2.75, 3.05) is 0 Å². The molecule has 0 aliphatic heterocycles. The molecule has 0 radical (unpaired) electrons. The number of thioether (sulfide) groups is 1. The molecule has 1 heterocycles. The van der Waals surface area contributed by atoms with E-state index in [-0.39, 0.29) is 5.12 Å². The number of aromatic nitrogens is 1. The van der Waals surface area contributed by atoms with Crippen LogP contribution >= 0.6 is 11.8 Å². The quantitative estimate of drug-likeness (QED) is 0.584. The van der Waals surface area contributed by atoms with Crippen molar-refractivity contribution in [2.45, 2.75) is 11.3 Å². The van der Waals surface area contributed by atoms with Crippen LogP contribution in [-0.4, -0.2) is 10.1 Å². The van der Waals surface area contributed by atoms with Gasteiger partial charge in [-0.05, 0) is 35.9 Å². The van der Waals surface area contributed by atoms with Gasteiger partial charge in [-0.1, -0.05) is 35.9 Å². The number of hydrogen-bond donors (Lipinski definition) is 1. The van der Waals surface area contributed by atoms with Crippen molar-refractivity contribution in [1.29, 1.82) is 0 Å². The van der Waals surface area contributed by atoms with Crippen molar-refractivity contribution < 1.29 is 4.79 Å². The molecule has 0 atom stereocenters. The highest BCUT2D eigenvalue weighted by atomic mass is 32.2. The van der Waals surface area contributed by atoms with E-state index in [2.05, 4.69) is 10.9 Å². The first-order valence-corrected chi connectivity index (χ1v) is 7.40. The van der Waals surface area contributed by atoms with Gasteiger partial charge in [0.1, 0.15) is 0 Å². The van der Waals surface area contributed by atoms with Crippen LogP contribution in [0.5, 0.6) is 0 Å². The molecule has 1 N–H and O–H groups in total. The van der Waals surface area contributed by atoms with Gasteiger partial charge in [0.2, 0.25) is 0 Å². The predicted molar refractivity (Wildman–Crippen MR) is 87.2 cm³/mol. The highest BCUT2D eigenvalue weighted by molar-refractivity contribution is 8.13. The Bertz CT molecular complexity index is 824. The Morgan fingerprint density at radius 2 is 1.90 bits per heavy atom. The van der Waals surface area contributed by atoms with Crippen LogP contribution in [-0.2, 0) is 11.2 Å². The van der Waals surface area contributed by atoms with E-state index in [1.165, 1.54) is 11.8 Å². The number of fused-ring (bicyclic) bond motifs is 1. The number of carbonyl (C=O) groups excluding carboxylic acids is 1. The summed E-state index contributed by atoms with van der Waals surface area (Å²) in [5.41, 5.74) is 2.91. The average molecular weight is 291 g/mol. The fourth-order valence-corrected chi connectivity index (χ4v) is 2.98. The Morgan fingerprint density at radius 3 is 2.67 bits per heavy atom. The zero-order valence-corrected chi connectivity index (χ0v) is 12.1. The van der Waals surface area contributed by atoms with Crippen molar-refractivity contribution >= 4 is 27.8 Å². The number of rotatable bonds is 3. The van der Waals surface area contributed by atoms with E-state index in [9.17, 15) is 4.79 Å². The molecule has 0 fully saturated rings. The topological polar surface area (TPSA) is 32.9 Å². The Hall–Kier alpha value is -2.44. The third kappa shape index (κ3) is 3.01. The molecule has 0 saturated carbocycles. The number of H-pyrrole nitrogens is 1. The third-order valence-electron chi connectivity index (χ3n) is 3.26. The Morgan fingerprint density at radius 1 is 1.14 bits per heavy atom. The SMILES string of the molecule is C#Cc1ccc(SC(=O)Cc2c[nH]c3ccccc23)cc1. The molecule has 1 aromatic heterocycles. The summed E-state index contributed by atoms with van der Waals surface area (Å²) in [5, 5.41) is 1.22. The lowest BCUT2D eigenvalue weighted by molar-refractivity contribution is -0.110. The molecule has 0 saturated heterocycles. The maximum absolute atomic E-state index is 12.2. The lowest BCUT2D eigenvalue weighted by Crippen LogP contribution is -1.96. The number of para-hydroxylation sites is 1. The van der Waals surface area contributed by atoms with Crippen LogP contribution in [0.3, 0.4) is 0 Å². The number of aromatic amines is 1. The molecule has 0 bridgehead atoms. The average Bonchev–Trinajstić information content (AvgIpc) is 2.91. The summed E-state index contributed by atoms with van der Waals surface area (Å²) in [7, 11) is 0. The molecule has 3 aromatic rings. The minimum atomic E-state index is 0.119. The lowest BCUT2D eigenvalue weighted by Gasteiger charge is -2.01. The van der Waals surface area contributed by atoms with Crippen molar-refractivity contribution in [1.82, 2.24) is 4.98 Å². The summed E-state index contributed by atoms with van der Waals surface area (Å²) in [6.07, 6.45) is 7.63. The predicted octanol–water partition coefficient (Wildman–Crippen LogP) is 4.01. The van der Waals surface area contributed by atoms with Crippen LogP contribution in [0.1, 0.15) is 11.1 Å². The summed E-state index contributed by atoms with van der Waals surface area (Å²) in [5.74, 6) is 2.57. The van der Waals surface area contributed by atoms with Gasteiger partial charge in [0, 0.05) is 34.0 Å². The van der Waals surface area contributed by atoms with Crippen molar-refractivity contribution in [3.63, 3.8) is 0 Å². The van der Waals surface area contributed by atoms with Gasteiger partial charge in [0.25, 0.3) is 0 Å². The number of terminal acetylenes is 1. The molecule has 0 unspecified atom stereocenters. The molecule has 0 amide bonds.